The highest BCUT2D eigenvalue weighted by Gasteiger charge is 2.26. The highest BCUT2D eigenvalue weighted by Crippen LogP contribution is 2.31. The number of hydrogen-bond acceptors (Lipinski definition) is 5. The number of aromatic carboxylic acids is 1. The molecule has 0 atom stereocenters. The Balaban J connectivity index is 2.98. The Morgan fingerprint density at radius 3 is 2.53 bits per heavy atom. The fourth-order valence-corrected chi connectivity index (χ4v) is 4.71. The van der Waals surface area contributed by atoms with Crippen molar-refractivity contribution < 1.29 is 23.4 Å². The molecule has 0 saturated heterocycles. The Labute approximate surface area is 123 Å². The summed E-state index contributed by atoms with van der Waals surface area (Å²) in [7, 11) is -3.81. The fraction of sp³-hybridized carbons (Fsp3) is 0.500. The maximum absolute atomic E-state index is 12.0. The summed E-state index contributed by atoms with van der Waals surface area (Å²) in [6.45, 7) is 3.30. The van der Waals surface area contributed by atoms with Gasteiger partial charge < -0.3 is 10.2 Å². The largest absolute Gasteiger partial charge is 0.477 e. The topological polar surface area (TPSA) is 104 Å². The summed E-state index contributed by atoms with van der Waals surface area (Å²) in [5, 5.41) is 17.9. The fourth-order valence-electron chi connectivity index (χ4n) is 1.06. The van der Waals surface area contributed by atoms with Gasteiger partial charge in [-0.1, -0.05) is 13.8 Å². The van der Waals surface area contributed by atoms with E-state index < -0.39 is 21.4 Å². The number of carboxylic acid groups (broad SMARTS) is 1. The average molecular weight is 372 g/mol. The van der Waals surface area contributed by atoms with Crippen LogP contribution < -0.4 is 4.72 Å². The Morgan fingerprint density at radius 2 is 2.11 bits per heavy atom. The zero-order chi connectivity index (χ0) is 14.8. The third-order valence-corrected chi connectivity index (χ3v) is 5.97. The van der Waals surface area contributed by atoms with E-state index in [0.29, 0.717) is 0 Å². The molecule has 1 aromatic rings. The number of carbonyl (C=O) groups is 1. The summed E-state index contributed by atoms with van der Waals surface area (Å²) in [4.78, 5) is 10.6. The number of nitrogens with one attached hydrogen (secondary N) is 1. The summed E-state index contributed by atoms with van der Waals surface area (Å²) < 4.78 is 26.7. The van der Waals surface area contributed by atoms with Gasteiger partial charge in [-0.05, 0) is 22.0 Å². The van der Waals surface area contributed by atoms with E-state index in [1.807, 2.05) is 0 Å². The van der Waals surface area contributed by atoms with Gasteiger partial charge in [-0.15, -0.1) is 11.3 Å². The third kappa shape index (κ3) is 4.25. The number of thiophene rings is 1. The van der Waals surface area contributed by atoms with Crippen molar-refractivity contribution in [2.45, 2.75) is 18.7 Å². The Hall–Kier alpha value is -0.480. The first kappa shape index (κ1) is 16.6. The van der Waals surface area contributed by atoms with Crippen molar-refractivity contribution in [3.63, 3.8) is 0 Å². The van der Waals surface area contributed by atoms with Crippen LogP contribution in [0.1, 0.15) is 23.5 Å². The molecule has 0 aromatic carbocycles. The molecule has 0 radical (unpaired) electrons. The van der Waals surface area contributed by atoms with E-state index in [0.717, 1.165) is 17.4 Å². The summed E-state index contributed by atoms with van der Waals surface area (Å²) in [5.41, 5.74) is -0.592. The lowest BCUT2D eigenvalue weighted by Crippen LogP contribution is -2.36. The Morgan fingerprint density at radius 1 is 1.53 bits per heavy atom. The Kier molecular flexibility index (Phi) is 5.13. The minimum absolute atomic E-state index is 0.0521. The van der Waals surface area contributed by atoms with E-state index in [1.165, 1.54) is 0 Å². The van der Waals surface area contributed by atoms with Crippen LogP contribution >= 0.6 is 27.3 Å². The van der Waals surface area contributed by atoms with Crippen molar-refractivity contribution >= 4 is 43.3 Å². The molecule has 9 heteroatoms. The standard InChI is InChI=1S/C10H14BrNO5S2/c1-10(2,5-13)4-12-19(16,17)7-3-6(9(14)15)18-8(7)11/h3,12-13H,4-5H2,1-2H3,(H,14,15). The van der Waals surface area contributed by atoms with Crippen LogP contribution in [0.3, 0.4) is 0 Å². The predicted octanol–water partition coefficient (Wildman–Crippen LogP) is 1.51. The van der Waals surface area contributed by atoms with Gasteiger partial charge in [-0.3, -0.25) is 0 Å². The quantitative estimate of drug-likeness (QED) is 0.702. The zero-order valence-electron chi connectivity index (χ0n) is 10.3. The number of sulfonamides is 1. The first-order chi connectivity index (χ1) is 8.59. The van der Waals surface area contributed by atoms with Gasteiger partial charge in [-0.2, -0.15) is 0 Å². The van der Waals surface area contributed by atoms with E-state index in [4.69, 9.17) is 10.2 Å². The van der Waals surface area contributed by atoms with Crippen LogP contribution in [0.4, 0.5) is 0 Å². The molecule has 108 valence electrons. The SMILES string of the molecule is CC(C)(CO)CNS(=O)(=O)c1cc(C(=O)O)sc1Br. The lowest BCUT2D eigenvalue weighted by Gasteiger charge is -2.21. The van der Waals surface area contributed by atoms with Gasteiger partial charge in [0, 0.05) is 18.6 Å². The van der Waals surface area contributed by atoms with Crippen LogP contribution in [0.2, 0.25) is 0 Å². The van der Waals surface area contributed by atoms with Crippen molar-refractivity contribution in [1.29, 1.82) is 0 Å². The molecule has 1 aromatic heterocycles. The number of carboxylic acids is 1. The first-order valence-electron chi connectivity index (χ1n) is 5.22. The second-order valence-corrected chi connectivity index (χ2v) is 8.81. The molecule has 0 unspecified atom stereocenters. The number of aliphatic hydroxyl groups is 1. The highest BCUT2D eigenvalue weighted by molar-refractivity contribution is 9.11. The zero-order valence-corrected chi connectivity index (χ0v) is 13.5. The van der Waals surface area contributed by atoms with Gasteiger partial charge in [0.25, 0.3) is 0 Å². The van der Waals surface area contributed by atoms with Crippen molar-refractivity contribution in [2.24, 2.45) is 5.41 Å². The maximum Gasteiger partial charge on any atom is 0.345 e. The van der Waals surface area contributed by atoms with Crippen LogP contribution in [-0.2, 0) is 10.0 Å². The number of hydrogen-bond donors (Lipinski definition) is 3. The molecule has 0 aliphatic rings. The molecule has 0 amide bonds. The smallest absolute Gasteiger partial charge is 0.345 e. The molecular formula is C10H14BrNO5S2. The second kappa shape index (κ2) is 5.88. The van der Waals surface area contributed by atoms with Crippen LogP contribution in [0, 0.1) is 5.41 Å². The molecule has 1 rings (SSSR count). The van der Waals surface area contributed by atoms with Crippen LogP contribution in [-0.4, -0.2) is 37.8 Å². The predicted molar refractivity (Wildman–Crippen MR) is 75.0 cm³/mol. The summed E-state index contributed by atoms with van der Waals surface area (Å²) in [6, 6.07) is 1.10. The van der Waals surface area contributed by atoms with Crippen LogP contribution in [0.15, 0.2) is 14.7 Å². The third-order valence-electron chi connectivity index (χ3n) is 2.32. The molecule has 1 heterocycles. The summed E-state index contributed by atoms with van der Waals surface area (Å²) >= 11 is 3.88. The van der Waals surface area contributed by atoms with E-state index in [1.54, 1.807) is 13.8 Å². The van der Waals surface area contributed by atoms with E-state index >= 15 is 0 Å². The molecule has 6 nitrogen and oxygen atoms in total. The molecule has 0 fully saturated rings. The summed E-state index contributed by atoms with van der Waals surface area (Å²) in [6.07, 6.45) is 0. The molecule has 0 bridgehead atoms. The number of rotatable bonds is 6. The van der Waals surface area contributed by atoms with E-state index in [2.05, 4.69) is 20.7 Å². The minimum atomic E-state index is -3.81. The van der Waals surface area contributed by atoms with Crippen molar-refractivity contribution in [2.75, 3.05) is 13.2 Å². The molecule has 0 saturated carbocycles. The van der Waals surface area contributed by atoms with Gasteiger partial charge in [-0.25, -0.2) is 17.9 Å². The minimum Gasteiger partial charge on any atom is -0.477 e. The molecule has 0 aliphatic carbocycles. The van der Waals surface area contributed by atoms with Crippen LogP contribution in [0.5, 0.6) is 0 Å². The van der Waals surface area contributed by atoms with E-state index in [9.17, 15) is 13.2 Å². The Bertz CT molecular complexity index is 579. The molecule has 0 spiro atoms. The number of aliphatic hydroxyl groups excluding tert-OH is 1. The van der Waals surface area contributed by atoms with Gasteiger partial charge in [0.15, 0.2) is 0 Å². The molecule has 19 heavy (non-hydrogen) atoms. The summed E-state index contributed by atoms with van der Waals surface area (Å²) in [5.74, 6) is -1.18. The average Bonchev–Trinajstić information content (AvgIpc) is 2.70. The lowest BCUT2D eigenvalue weighted by molar-refractivity contribution is 0.0702. The highest BCUT2D eigenvalue weighted by atomic mass is 79.9. The van der Waals surface area contributed by atoms with Crippen molar-refractivity contribution in [1.82, 2.24) is 4.72 Å². The normalized spacial score (nSPS) is 12.6. The molecule has 3 N–H and O–H groups in total. The van der Waals surface area contributed by atoms with Gasteiger partial charge in [0.2, 0.25) is 10.0 Å². The van der Waals surface area contributed by atoms with Crippen molar-refractivity contribution in [3.05, 3.63) is 14.7 Å². The van der Waals surface area contributed by atoms with Crippen molar-refractivity contribution in [3.8, 4) is 0 Å². The molecular weight excluding hydrogens is 358 g/mol. The molecule has 0 aliphatic heterocycles. The second-order valence-electron chi connectivity index (χ2n) is 4.70. The van der Waals surface area contributed by atoms with Gasteiger partial charge in [0.05, 0.1) is 3.79 Å². The van der Waals surface area contributed by atoms with Gasteiger partial charge in [0.1, 0.15) is 9.77 Å². The number of halogens is 1. The lowest BCUT2D eigenvalue weighted by atomic mass is 9.96. The van der Waals surface area contributed by atoms with Crippen LogP contribution in [0.25, 0.3) is 0 Å². The maximum atomic E-state index is 12.0. The first-order valence-corrected chi connectivity index (χ1v) is 8.31. The van der Waals surface area contributed by atoms with Gasteiger partial charge >= 0.3 is 5.97 Å². The van der Waals surface area contributed by atoms with E-state index in [-0.39, 0.29) is 26.7 Å². The monoisotopic (exact) mass is 371 g/mol.